The zero-order valence-electron chi connectivity index (χ0n) is 10.3. The molecule has 0 radical (unpaired) electrons. The second kappa shape index (κ2) is 4.87. The second-order valence-corrected chi connectivity index (χ2v) is 4.53. The van der Waals surface area contributed by atoms with Crippen LogP contribution in [-0.4, -0.2) is 40.6 Å². The number of nitrogens with zero attached hydrogens (tertiary/aromatic N) is 1. The highest BCUT2D eigenvalue weighted by molar-refractivity contribution is 6.05. The van der Waals surface area contributed by atoms with E-state index < -0.39 is 36.1 Å². The zero-order chi connectivity index (χ0) is 14.1. The normalized spacial score (nSPS) is 21.6. The Morgan fingerprint density at radius 3 is 2.17 bits per heavy atom. The van der Waals surface area contributed by atoms with Crippen LogP contribution in [-0.2, 0) is 9.59 Å². The van der Waals surface area contributed by atoms with Crippen LogP contribution in [0.15, 0.2) is 0 Å². The Bertz CT molecular complexity index is 350. The summed E-state index contributed by atoms with van der Waals surface area (Å²) >= 11 is 0. The lowest BCUT2D eigenvalue weighted by Gasteiger charge is -2.25. The van der Waals surface area contributed by atoms with Crippen LogP contribution in [0.2, 0.25) is 0 Å². The first-order valence-electron chi connectivity index (χ1n) is 5.77. The van der Waals surface area contributed by atoms with Crippen molar-refractivity contribution in [2.75, 3.05) is 6.54 Å². The fourth-order valence-corrected chi connectivity index (χ4v) is 2.12. The van der Waals surface area contributed by atoms with Gasteiger partial charge in [-0.15, -0.1) is 0 Å². The summed E-state index contributed by atoms with van der Waals surface area (Å²) in [6.07, 6.45) is -6.80. The number of amides is 2. The molecule has 4 nitrogen and oxygen atoms in total. The van der Waals surface area contributed by atoms with Crippen molar-refractivity contribution in [2.45, 2.75) is 45.4 Å². The van der Waals surface area contributed by atoms with Gasteiger partial charge in [-0.1, -0.05) is 13.8 Å². The topological polar surface area (TPSA) is 57.6 Å². The van der Waals surface area contributed by atoms with Gasteiger partial charge in [-0.2, -0.15) is 13.2 Å². The minimum atomic E-state index is -4.83. The lowest BCUT2D eigenvalue weighted by Crippen LogP contribution is -2.45. The van der Waals surface area contributed by atoms with Crippen molar-refractivity contribution in [3.8, 4) is 0 Å². The SMILES string of the molecule is CCC1(CC)CC(=O)N(CC(O)C(F)(F)F)C1=O. The number of carbonyl (C=O) groups excluding carboxylic acids is 2. The van der Waals surface area contributed by atoms with E-state index in [0.717, 1.165) is 0 Å². The van der Waals surface area contributed by atoms with Gasteiger partial charge in [0.1, 0.15) is 0 Å². The lowest BCUT2D eigenvalue weighted by atomic mass is 9.81. The van der Waals surface area contributed by atoms with Gasteiger partial charge in [0.05, 0.1) is 12.0 Å². The molecule has 0 spiro atoms. The number of aliphatic hydroxyl groups is 1. The first-order chi connectivity index (χ1) is 8.18. The molecule has 18 heavy (non-hydrogen) atoms. The summed E-state index contributed by atoms with van der Waals surface area (Å²) < 4.78 is 36.6. The Labute approximate surface area is 103 Å². The minimum Gasteiger partial charge on any atom is -0.382 e. The maximum atomic E-state index is 12.2. The van der Waals surface area contributed by atoms with E-state index >= 15 is 0 Å². The number of likely N-dealkylation sites (tertiary alicyclic amines) is 1. The molecule has 0 bridgehead atoms. The van der Waals surface area contributed by atoms with E-state index in [9.17, 15) is 22.8 Å². The number of aliphatic hydroxyl groups excluding tert-OH is 1. The quantitative estimate of drug-likeness (QED) is 0.785. The summed E-state index contributed by atoms with van der Waals surface area (Å²) in [5.41, 5.74) is -0.900. The van der Waals surface area contributed by atoms with Gasteiger partial charge in [-0.05, 0) is 12.8 Å². The second-order valence-electron chi connectivity index (χ2n) is 4.53. The van der Waals surface area contributed by atoms with Crippen molar-refractivity contribution in [3.05, 3.63) is 0 Å². The molecule has 1 heterocycles. The predicted octanol–water partition coefficient (Wildman–Crippen LogP) is 1.47. The zero-order valence-corrected chi connectivity index (χ0v) is 10.3. The predicted molar refractivity (Wildman–Crippen MR) is 56.4 cm³/mol. The monoisotopic (exact) mass is 267 g/mol. The molecule has 0 aromatic heterocycles. The van der Waals surface area contributed by atoms with Crippen LogP contribution in [0.25, 0.3) is 0 Å². The summed E-state index contributed by atoms with van der Waals surface area (Å²) in [6.45, 7) is 2.43. The third-order valence-electron chi connectivity index (χ3n) is 3.58. The molecule has 1 N–H and O–H groups in total. The molecule has 1 saturated heterocycles. The number of carbonyl (C=O) groups is 2. The summed E-state index contributed by atoms with van der Waals surface area (Å²) in [4.78, 5) is 24.1. The lowest BCUT2D eigenvalue weighted by molar-refractivity contribution is -0.208. The van der Waals surface area contributed by atoms with Crippen LogP contribution >= 0.6 is 0 Å². The molecule has 1 aliphatic rings. The number of alkyl halides is 3. The van der Waals surface area contributed by atoms with E-state index in [1.165, 1.54) is 0 Å². The standard InChI is InChI=1S/C11H16F3NO3/c1-3-10(4-2)5-8(17)15(9(10)18)6-7(16)11(12,13)14/h7,16H,3-6H2,1-2H3. The van der Waals surface area contributed by atoms with E-state index in [2.05, 4.69) is 0 Å². The number of hydrogen-bond donors (Lipinski definition) is 1. The van der Waals surface area contributed by atoms with Gasteiger partial charge >= 0.3 is 6.18 Å². The maximum absolute atomic E-state index is 12.2. The Kier molecular flexibility index (Phi) is 4.05. The molecule has 0 aliphatic carbocycles. The third-order valence-corrected chi connectivity index (χ3v) is 3.58. The Morgan fingerprint density at radius 2 is 1.83 bits per heavy atom. The van der Waals surface area contributed by atoms with Gasteiger partial charge < -0.3 is 5.11 Å². The number of halogens is 3. The molecule has 1 fully saturated rings. The average molecular weight is 267 g/mol. The largest absolute Gasteiger partial charge is 0.416 e. The highest BCUT2D eigenvalue weighted by Crippen LogP contribution is 2.39. The number of β-amino-alcohol motifs (C(OH)–C–C–N with tert-alkyl or cyclic N) is 1. The fourth-order valence-electron chi connectivity index (χ4n) is 2.12. The molecule has 1 rings (SSSR count). The van der Waals surface area contributed by atoms with Crippen LogP contribution in [0, 0.1) is 5.41 Å². The highest BCUT2D eigenvalue weighted by Gasteiger charge is 2.51. The van der Waals surface area contributed by atoms with Gasteiger partial charge in [0, 0.05) is 6.42 Å². The molecule has 1 aliphatic heterocycles. The summed E-state index contributed by atoms with van der Waals surface area (Å²) in [5, 5.41) is 8.93. The van der Waals surface area contributed by atoms with Crippen molar-refractivity contribution in [1.82, 2.24) is 4.90 Å². The Hall–Kier alpha value is -1.11. The Morgan fingerprint density at radius 1 is 1.33 bits per heavy atom. The van der Waals surface area contributed by atoms with Crippen LogP contribution in [0.1, 0.15) is 33.1 Å². The van der Waals surface area contributed by atoms with E-state index in [1.54, 1.807) is 13.8 Å². The summed E-state index contributed by atoms with van der Waals surface area (Å²) in [7, 11) is 0. The molecule has 0 aromatic carbocycles. The van der Waals surface area contributed by atoms with Crippen molar-refractivity contribution < 1.29 is 27.9 Å². The van der Waals surface area contributed by atoms with Gasteiger partial charge in [-0.3, -0.25) is 14.5 Å². The van der Waals surface area contributed by atoms with E-state index in [1.807, 2.05) is 0 Å². The first-order valence-corrected chi connectivity index (χ1v) is 5.77. The van der Waals surface area contributed by atoms with Crippen molar-refractivity contribution in [2.24, 2.45) is 5.41 Å². The smallest absolute Gasteiger partial charge is 0.382 e. The van der Waals surface area contributed by atoms with E-state index in [0.29, 0.717) is 17.7 Å². The van der Waals surface area contributed by atoms with Gasteiger partial charge in [0.25, 0.3) is 0 Å². The number of hydrogen-bond acceptors (Lipinski definition) is 3. The van der Waals surface area contributed by atoms with Crippen LogP contribution < -0.4 is 0 Å². The third kappa shape index (κ3) is 2.50. The highest BCUT2D eigenvalue weighted by atomic mass is 19.4. The van der Waals surface area contributed by atoms with E-state index in [4.69, 9.17) is 5.11 Å². The molecular formula is C11H16F3NO3. The first kappa shape index (κ1) is 14.9. The molecule has 0 aromatic rings. The molecule has 0 saturated carbocycles. The van der Waals surface area contributed by atoms with Gasteiger partial charge in [0.2, 0.25) is 11.8 Å². The molecule has 1 atom stereocenters. The Balaban J connectivity index is 2.86. The van der Waals surface area contributed by atoms with Crippen LogP contribution in [0.5, 0.6) is 0 Å². The minimum absolute atomic E-state index is 0.0799. The maximum Gasteiger partial charge on any atom is 0.416 e. The molecule has 1 unspecified atom stereocenters. The van der Waals surface area contributed by atoms with Crippen molar-refractivity contribution in [3.63, 3.8) is 0 Å². The number of imide groups is 1. The molecule has 104 valence electrons. The van der Waals surface area contributed by atoms with Crippen LogP contribution in [0.4, 0.5) is 13.2 Å². The summed E-state index contributed by atoms with van der Waals surface area (Å²) in [6, 6.07) is 0. The van der Waals surface area contributed by atoms with E-state index in [-0.39, 0.29) is 6.42 Å². The van der Waals surface area contributed by atoms with Crippen molar-refractivity contribution >= 4 is 11.8 Å². The number of rotatable bonds is 4. The van der Waals surface area contributed by atoms with Gasteiger partial charge in [0.15, 0.2) is 6.10 Å². The molecular weight excluding hydrogens is 251 g/mol. The van der Waals surface area contributed by atoms with Crippen molar-refractivity contribution in [1.29, 1.82) is 0 Å². The molecule has 7 heteroatoms. The van der Waals surface area contributed by atoms with Gasteiger partial charge in [-0.25, -0.2) is 0 Å². The summed E-state index contributed by atoms with van der Waals surface area (Å²) in [5.74, 6) is -1.26. The average Bonchev–Trinajstić information content (AvgIpc) is 2.52. The molecule has 2 amide bonds. The van der Waals surface area contributed by atoms with Crippen LogP contribution in [0.3, 0.4) is 0 Å². The fraction of sp³-hybridized carbons (Fsp3) is 0.818.